The van der Waals surface area contributed by atoms with Crippen molar-refractivity contribution in [3.63, 3.8) is 0 Å². The van der Waals surface area contributed by atoms with Crippen molar-refractivity contribution in [3.8, 4) is 0 Å². The molecular formula is C22H23FN4OS. The third-order valence-corrected chi connectivity index (χ3v) is 5.86. The predicted molar refractivity (Wildman–Crippen MR) is 116 cm³/mol. The van der Waals surface area contributed by atoms with Gasteiger partial charge >= 0.3 is 0 Å². The molecule has 1 aromatic heterocycles. The number of piperazine rings is 1. The van der Waals surface area contributed by atoms with Crippen LogP contribution in [0, 0.1) is 19.7 Å². The van der Waals surface area contributed by atoms with E-state index in [1.807, 2.05) is 11.0 Å². The second kappa shape index (κ2) is 8.21. The molecule has 1 fully saturated rings. The van der Waals surface area contributed by atoms with E-state index in [1.54, 1.807) is 17.5 Å². The number of hydrogen-bond donors (Lipinski definition) is 1. The normalized spacial score (nSPS) is 14.2. The lowest BCUT2D eigenvalue weighted by Gasteiger charge is -2.35. The van der Waals surface area contributed by atoms with E-state index in [0.29, 0.717) is 23.9 Å². The van der Waals surface area contributed by atoms with E-state index >= 15 is 0 Å². The minimum absolute atomic E-state index is 0.0475. The van der Waals surface area contributed by atoms with Gasteiger partial charge in [-0.3, -0.25) is 4.79 Å². The summed E-state index contributed by atoms with van der Waals surface area (Å²) in [7, 11) is 0. The van der Waals surface area contributed by atoms with Crippen LogP contribution in [0.5, 0.6) is 0 Å². The Balaban J connectivity index is 1.37. The molecular weight excluding hydrogens is 387 g/mol. The van der Waals surface area contributed by atoms with Gasteiger partial charge in [0.15, 0.2) is 5.13 Å². The third-order valence-electron chi connectivity index (χ3n) is 5.11. The molecule has 0 spiro atoms. The fourth-order valence-corrected chi connectivity index (χ4v) is 4.18. The van der Waals surface area contributed by atoms with Crippen LogP contribution in [0.2, 0.25) is 0 Å². The maximum absolute atomic E-state index is 13.1. The number of halogens is 1. The Labute approximate surface area is 173 Å². The van der Waals surface area contributed by atoms with Crippen molar-refractivity contribution in [3.05, 3.63) is 70.5 Å². The number of anilines is 3. The van der Waals surface area contributed by atoms with Crippen LogP contribution in [0.4, 0.5) is 20.9 Å². The van der Waals surface area contributed by atoms with Crippen LogP contribution in [-0.2, 0) is 0 Å². The number of nitrogens with zero attached hydrogens (tertiary/aromatic N) is 3. The molecule has 2 aromatic carbocycles. The van der Waals surface area contributed by atoms with Crippen molar-refractivity contribution in [2.75, 3.05) is 36.4 Å². The number of nitrogens with one attached hydrogen (secondary N) is 1. The highest BCUT2D eigenvalue weighted by atomic mass is 32.1. The summed E-state index contributed by atoms with van der Waals surface area (Å²) in [5.41, 5.74) is 4.80. The zero-order valence-electron chi connectivity index (χ0n) is 16.5. The second-order valence-electron chi connectivity index (χ2n) is 7.24. The van der Waals surface area contributed by atoms with E-state index in [-0.39, 0.29) is 11.7 Å². The first kappa shape index (κ1) is 19.4. The van der Waals surface area contributed by atoms with E-state index < -0.39 is 0 Å². The minimum Gasteiger partial charge on any atom is -0.368 e. The molecule has 150 valence electrons. The molecule has 1 saturated heterocycles. The summed E-state index contributed by atoms with van der Waals surface area (Å²) >= 11 is 1.43. The number of aromatic nitrogens is 1. The van der Waals surface area contributed by atoms with Crippen LogP contribution >= 0.6 is 11.3 Å². The first-order valence-electron chi connectivity index (χ1n) is 9.59. The van der Waals surface area contributed by atoms with Crippen molar-refractivity contribution < 1.29 is 9.18 Å². The second-order valence-corrected chi connectivity index (χ2v) is 8.10. The van der Waals surface area contributed by atoms with Gasteiger partial charge in [0.25, 0.3) is 5.91 Å². The number of thiazole rings is 1. The summed E-state index contributed by atoms with van der Waals surface area (Å²) in [6, 6.07) is 12.7. The Hall–Kier alpha value is -2.93. The molecule has 1 N–H and O–H groups in total. The number of carbonyl (C=O) groups is 1. The summed E-state index contributed by atoms with van der Waals surface area (Å²) in [5, 5.41) is 5.83. The number of rotatable bonds is 4. The van der Waals surface area contributed by atoms with Gasteiger partial charge in [-0.1, -0.05) is 17.7 Å². The first-order chi connectivity index (χ1) is 14.0. The number of amides is 1. The topological polar surface area (TPSA) is 48.5 Å². The van der Waals surface area contributed by atoms with Gasteiger partial charge in [-0.15, -0.1) is 11.3 Å². The van der Waals surface area contributed by atoms with Gasteiger partial charge in [-0.2, -0.15) is 0 Å². The molecule has 1 aliphatic rings. The van der Waals surface area contributed by atoms with Crippen LogP contribution in [0.15, 0.2) is 47.8 Å². The van der Waals surface area contributed by atoms with Crippen molar-refractivity contribution >= 4 is 33.8 Å². The molecule has 7 heteroatoms. The monoisotopic (exact) mass is 410 g/mol. The van der Waals surface area contributed by atoms with Crippen LogP contribution in [0.25, 0.3) is 0 Å². The molecule has 5 nitrogen and oxygen atoms in total. The Bertz CT molecular complexity index is 1010. The van der Waals surface area contributed by atoms with Crippen molar-refractivity contribution in [1.29, 1.82) is 0 Å². The Morgan fingerprint density at radius 1 is 1.07 bits per heavy atom. The lowest BCUT2D eigenvalue weighted by molar-refractivity contribution is 0.0742. The van der Waals surface area contributed by atoms with E-state index in [1.165, 1.54) is 29.0 Å². The Morgan fingerprint density at radius 2 is 1.79 bits per heavy atom. The molecule has 0 radical (unpaired) electrons. The van der Waals surface area contributed by atoms with Crippen LogP contribution in [-0.4, -0.2) is 42.0 Å². The van der Waals surface area contributed by atoms with Gasteiger partial charge in [-0.25, -0.2) is 9.37 Å². The summed E-state index contributed by atoms with van der Waals surface area (Å²) in [4.78, 5) is 21.3. The molecule has 4 rings (SSSR count). The van der Waals surface area contributed by atoms with Crippen LogP contribution in [0.1, 0.15) is 21.6 Å². The molecule has 0 saturated carbocycles. The summed E-state index contributed by atoms with van der Waals surface area (Å²) in [6.07, 6.45) is 0. The molecule has 2 heterocycles. The Kier molecular flexibility index (Phi) is 5.49. The highest BCUT2D eigenvalue weighted by Crippen LogP contribution is 2.25. The van der Waals surface area contributed by atoms with Crippen molar-refractivity contribution in [2.45, 2.75) is 13.8 Å². The molecule has 1 aliphatic heterocycles. The van der Waals surface area contributed by atoms with Gasteiger partial charge in [0.05, 0.1) is 0 Å². The largest absolute Gasteiger partial charge is 0.368 e. The Morgan fingerprint density at radius 3 is 2.48 bits per heavy atom. The maximum atomic E-state index is 13.1. The van der Waals surface area contributed by atoms with Crippen molar-refractivity contribution in [1.82, 2.24) is 9.88 Å². The number of hydrogen-bond acceptors (Lipinski definition) is 5. The average molecular weight is 411 g/mol. The summed E-state index contributed by atoms with van der Waals surface area (Å²) in [6.45, 7) is 6.79. The molecule has 3 aromatic rings. The fraction of sp³-hybridized carbons (Fsp3) is 0.273. The maximum Gasteiger partial charge on any atom is 0.273 e. The fourth-order valence-electron chi connectivity index (χ4n) is 3.48. The SMILES string of the molecule is Cc1ccc(Nc2nc(C(=O)N3CCN(c4ccc(F)cc4)CC3)cs2)c(C)c1. The zero-order valence-corrected chi connectivity index (χ0v) is 17.3. The van der Waals surface area contributed by atoms with Gasteiger partial charge in [-0.05, 0) is 49.7 Å². The van der Waals surface area contributed by atoms with Crippen LogP contribution < -0.4 is 10.2 Å². The van der Waals surface area contributed by atoms with E-state index in [0.717, 1.165) is 30.0 Å². The standard InChI is InChI=1S/C22H23FN4OS/c1-15-3-8-19(16(2)13-15)24-22-25-20(14-29-22)21(28)27-11-9-26(10-12-27)18-6-4-17(23)5-7-18/h3-8,13-14H,9-12H2,1-2H3,(H,24,25). The quantitative estimate of drug-likeness (QED) is 0.683. The third kappa shape index (κ3) is 4.40. The van der Waals surface area contributed by atoms with Crippen molar-refractivity contribution in [2.24, 2.45) is 0 Å². The van der Waals surface area contributed by atoms with E-state index in [2.05, 4.69) is 41.2 Å². The molecule has 0 atom stereocenters. The molecule has 0 bridgehead atoms. The molecule has 1 amide bonds. The van der Waals surface area contributed by atoms with Gasteiger partial charge in [0, 0.05) is 42.9 Å². The molecule has 29 heavy (non-hydrogen) atoms. The van der Waals surface area contributed by atoms with E-state index in [4.69, 9.17) is 0 Å². The lowest BCUT2D eigenvalue weighted by atomic mass is 10.1. The van der Waals surface area contributed by atoms with Crippen LogP contribution in [0.3, 0.4) is 0 Å². The predicted octanol–water partition coefficient (Wildman–Crippen LogP) is 4.61. The summed E-state index contributed by atoms with van der Waals surface area (Å²) in [5.74, 6) is -0.287. The van der Waals surface area contributed by atoms with E-state index in [9.17, 15) is 9.18 Å². The average Bonchev–Trinajstić information content (AvgIpc) is 3.19. The number of aryl methyl sites for hydroxylation is 2. The van der Waals surface area contributed by atoms with Gasteiger partial charge < -0.3 is 15.1 Å². The molecule has 0 unspecified atom stereocenters. The number of carbonyl (C=O) groups excluding carboxylic acids is 1. The number of benzene rings is 2. The lowest BCUT2D eigenvalue weighted by Crippen LogP contribution is -2.48. The molecule has 0 aliphatic carbocycles. The van der Waals surface area contributed by atoms with Gasteiger partial charge in [0.1, 0.15) is 11.5 Å². The minimum atomic E-state index is -0.239. The van der Waals surface area contributed by atoms with Gasteiger partial charge in [0.2, 0.25) is 0 Å². The highest BCUT2D eigenvalue weighted by Gasteiger charge is 2.24. The summed E-state index contributed by atoms with van der Waals surface area (Å²) < 4.78 is 13.1. The first-order valence-corrected chi connectivity index (χ1v) is 10.5. The zero-order chi connectivity index (χ0) is 20.4. The smallest absolute Gasteiger partial charge is 0.273 e. The highest BCUT2D eigenvalue weighted by molar-refractivity contribution is 7.14.